The standard InChI is InChI=1S/C18H17N3OS/c1-18(2)11-20-14-9-13(3-4-16(14)22-18)15-10-23-17(21-15)12-5-7-19-8-6-12/h3-10,20H,11H2,1-2H3. The van der Waals surface area contributed by atoms with Crippen molar-refractivity contribution in [3.63, 3.8) is 0 Å². The van der Waals surface area contributed by atoms with Crippen molar-refractivity contribution in [2.45, 2.75) is 19.4 Å². The molecule has 1 aliphatic heterocycles. The third-order valence-electron chi connectivity index (χ3n) is 3.80. The van der Waals surface area contributed by atoms with Crippen LogP contribution in [0, 0.1) is 0 Å². The zero-order valence-electron chi connectivity index (χ0n) is 13.0. The van der Waals surface area contributed by atoms with Crippen molar-refractivity contribution in [3.8, 4) is 27.6 Å². The van der Waals surface area contributed by atoms with Gasteiger partial charge in [0.15, 0.2) is 0 Å². The van der Waals surface area contributed by atoms with Gasteiger partial charge >= 0.3 is 0 Å². The van der Waals surface area contributed by atoms with E-state index in [1.165, 1.54) is 0 Å². The number of fused-ring (bicyclic) bond motifs is 1. The smallest absolute Gasteiger partial charge is 0.143 e. The van der Waals surface area contributed by atoms with Crippen LogP contribution in [0.25, 0.3) is 21.8 Å². The Balaban J connectivity index is 1.66. The molecule has 0 radical (unpaired) electrons. The summed E-state index contributed by atoms with van der Waals surface area (Å²) in [5, 5.41) is 6.54. The van der Waals surface area contributed by atoms with Crippen molar-refractivity contribution in [1.82, 2.24) is 9.97 Å². The van der Waals surface area contributed by atoms with Crippen LogP contribution in [0.3, 0.4) is 0 Å². The van der Waals surface area contributed by atoms with E-state index in [-0.39, 0.29) is 5.60 Å². The summed E-state index contributed by atoms with van der Waals surface area (Å²) in [6, 6.07) is 10.1. The number of hydrogen-bond acceptors (Lipinski definition) is 5. The lowest BCUT2D eigenvalue weighted by Gasteiger charge is -2.33. The normalized spacial score (nSPS) is 15.4. The SMILES string of the molecule is CC1(C)CNc2cc(-c3csc(-c4ccncc4)n3)ccc2O1. The number of anilines is 1. The molecule has 23 heavy (non-hydrogen) atoms. The van der Waals surface area contributed by atoms with E-state index in [4.69, 9.17) is 9.72 Å². The third-order valence-corrected chi connectivity index (χ3v) is 4.69. The van der Waals surface area contributed by atoms with Crippen LogP contribution in [0.15, 0.2) is 48.1 Å². The van der Waals surface area contributed by atoms with Gasteiger partial charge in [0, 0.05) is 28.9 Å². The average Bonchev–Trinajstić information content (AvgIpc) is 3.04. The highest BCUT2D eigenvalue weighted by atomic mass is 32.1. The molecule has 116 valence electrons. The molecule has 0 saturated carbocycles. The van der Waals surface area contributed by atoms with E-state index in [0.29, 0.717) is 0 Å². The zero-order chi connectivity index (χ0) is 15.9. The predicted octanol–water partition coefficient (Wildman–Crippen LogP) is 4.46. The molecular weight excluding hydrogens is 306 g/mol. The van der Waals surface area contributed by atoms with Gasteiger partial charge in [0.05, 0.1) is 17.9 Å². The van der Waals surface area contributed by atoms with Crippen LogP contribution < -0.4 is 10.1 Å². The minimum Gasteiger partial charge on any atom is -0.484 e. The quantitative estimate of drug-likeness (QED) is 0.756. The highest BCUT2D eigenvalue weighted by Crippen LogP contribution is 2.37. The Kier molecular flexibility index (Phi) is 3.31. The van der Waals surface area contributed by atoms with Gasteiger partial charge in [-0.25, -0.2) is 4.98 Å². The summed E-state index contributed by atoms with van der Waals surface area (Å²) in [6.45, 7) is 4.96. The first-order valence-corrected chi connectivity index (χ1v) is 8.42. The molecule has 0 amide bonds. The number of thiazole rings is 1. The van der Waals surface area contributed by atoms with Gasteiger partial charge in [0.25, 0.3) is 0 Å². The fraction of sp³-hybridized carbons (Fsp3) is 0.222. The van der Waals surface area contributed by atoms with Crippen LogP contribution in [-0.2, 0) is 0 Å². The lowest BCUT2D eigenvalue weighted by Crippen LogP contribution is -2.39. The average molecular weight is 323 g/mol. The molecular formula is C18H17N3OS. The number of nitrogens with one attached hydrogen (secondary N) is 1. The molecule has 3 heterocycles. The summed E-state index contributed by atoms with van der Waals surface area (Å²) in [4.78, 5) is 8.80. The molecule has 0 unspecified atom stereocenters. The van der Waals surface area contributed by atoms with E-state index in [0.717, 1.165) is 39.8 Å². The van der Waals surface area contributed by atoms with E-state index in [1.54, 1.807) is 23.7 Å². The Morgan fingerprint density at radius 3 is 2.78 bits per heavy atom. The van der Waals surface area contributed by atoms with Crippen LogP contribution >= 0.6 is 11.3 Å². The fourth-order valence-corrected chi connectivity index (χ4v) is 3.43. The second-order valence-electron chi connectivity index (χ2n) is 6.20. The first-order valence-electron chi connectivity index (χ1n) is 7.54. The predicted molar refractivity (Wildman–Crippen MR) is 94.0 cm³/mol. The Bertz CT molecular complexity index is 842. The molecule has 5 heteroatoms. The van der Waals surface area contributed by atoms with Crippen molar-refractivity contribution in [1.29, 1.82) is 0 Å². The first kappa shape index (κ1) is 14.2. The fourth-order valence-electron chi connectivity index (χ4n) is 2.59. The third kappa shape index (κ3) is 2.80. The van der Waals surface area contributed by atoms with Gasteiger partial charge in [-0.15, -0.1) is 11.3 Å². The van der Waals surface area contributed by atoms with E-state index in [9.17, 15) is 0 Å². The van der Waals surface area contributed by atoms with Crippen molar-refractivity contribution in [3.05, 3.63) is 48.1 Å². The molecule has 1 N–H and O–H groups in total. The minimum absolute atomic E-state index is 0.177. The van der Waals surface area contributed by atoms with Crippen molar-refractivity contribution < 1.29 is 4.74 Å². The molecule has 0 aliphatic carbocycles. The molecule has 2 aromatic heterocycles. The van der Waals surface area contributed by atoms with Gasteiger partial charge in [-0.2, -0.15) is 0 Å². The molecule has 3 aromatic rings. The minimum atomic E-state index is -0.177. The van der Waals surface area contributed by atoms with Crippen LogP contribution in [0.4, 0.5) is 5.69 Å². The monoisotopic (exact) mass is 323 g/mol. The van der Waals surface area contributed by atoms with Crippen LogP contribution in [-0.4, -0.2) is 22.1 Å². The maximum absolute atomic E-state index is 6.00. The highest BCUT2D eigenvalue weighted by Gasteiger charge is 2.26. The first-order chi connectivity index (χ1) is 11.1. The summed E-state index contributed by atoms with van der Waals surface area (Å²) in [7, 11) is 0. The maximum atomic E-state index is 6.00. The highest BCUT2D eigenvalue weighted by molar-refractivity contribution is 7.13. The summed E-state index contributed by atoms with van der Waals surface area (Å²) in [5.74, 6) is 0.898. The summed E-state index contributed by atoms with van der Waals surface area (Å²) < 4.78 is 6.00. The van der Waals surface area contributed by atoms with Gasteiger partial charge < -0.3 is 10.1 Å². The zero-order valence-corrected chi connectivity index (χ0v) is 13.9. The van der Waals surface area contributed by atoms with Crippen molar-refractivity contribution >= 4 is 17.0 Å². The number of aromatic nitrogens is 2. The molecule has 0 saturated heterocycles. The van der Waals surface area contributed by atoms with Crippen LogP contribution in [0.2, 0.25) is 0 Å². The number of nitrogens with zero attached hydrogens (tertiary/aromatic N) is 2. The number of ether oxygens (including phenoxy) is 1. The Morgan fingerprint density at radius 1 is 1.13 bits per heavy atom. The summed E-state index contributed by atoms with van der Waals surface area (Å²) in [5.41, 5.74) is 4.02. The second kappa shape index (κ2) is 5.35. The number of rotatable bonds is 2. The number of pyridine rings is 1. The maximum Gasteiger partial charge on any atom is 0.143 e. The second-order valence-corrected chi connectivity index (χ2v) is 7.06. The van der Waals surface area contributed by atoms with Gasteiger partial charge in [-0.3, -0.25) is 4.98 Å². The van der Waals surface area contributed by atoms with E-state index < -0.39 is 0 Å². The van der Waals surface area contributed by atoms with E-state index in [2.05, 4.69) is 41.7 Å². The summed E-state index contributed by atoms with van der Waals surface area (Å²) in [6.07, 6.45) is 3.58. The lowest BCUT2D eigenvalue weighted by molar-refractivity contribution is 0.116. The molecule has 1 aromatic carbocycles. The van der Waals surface area contributed by atoms with Gasteiger partial charge in [-0.05, 0) is 44.2 Å². The largest absolute Gasteiger partial charge is 0.484 e. The Labute approximate surface area is 139 Å². The van der Waals surface area contributed by atoms with Gasteiger partial charge in [-0.1, -0.05) is 0 Å². The van der Waals surface area contributed by atoms with E-state index >= 15 is 0 Å². The van der Waals surface area contributed by atoms with Crippen molar-refractivity contribution in [2.75, 3.05) is 11.9 Å². The topological polar surface area (TPSA) is 47.0 Å². The molecule has 0 spiro atoms. The van der Waals surface area contributed by atoms with Gasteiger partial charge in [0.2, 0.25) is 0 Å². The molecule has 4 rings (SSSR count). The molecule has 4 nitrogen and oxygen atoms in total. The summed E-state index contributed by atoms with van der Waals surface area (Å²) >= 11 is 1.64. The van der Waals surface area contributed by atoms with E-state index in [1.807, 2.05) is 18.2 Å². The number of benzene rings is 1. The number of hydrogen-bond donors (Lipinski definition) is 1. The molecule has 1 aliphatic rings. The Morgan fingerprint density at radius 2 is 1.96 bits per heavy atom. The van der Waals surface area contributed by atoms with Crippen LogP contribution in [0.1, 0.15) is 13.8 Å². The molecule has 0 fully saturated rings. The lowest BCUT2D eigenvalue weighted by atomic mass is 10.1. The molecule has 0 bridgehead atoms. The van der Waals surface area contributed by atoms with Gasteiger partial charge in [0.1, 0.15) is 16.4 Å². The van der Waals surface area contributed by atoms with Crippen LogP contribution in [0.5, 0.6) is 5.75 Å². The van der Waals surface area contributed by atoms with Crippen molar-refractivity contribution in [2.24, 2.45) is 0 Å². The molecule has 0 atom stereocenters. The Hall–Kier alpha value is -2.40.